The molecule has 0 unspecified atom stereocenters. The summed E-state index contributed by atoms with van der Waals surface area (Å²) >= 11 is 0. The van der Waals surface area contributed by atoms with Crippen LogP contribution in [0.25, 0.3) is 0 Å². The zero-order valence-electron chi connectivity index (χ0n) is 8.58. The van der Waals surface area contributed by atoms with Crippen LogP contribution in [0, 0.1) is 0 Å². The molecule has 86 valence electrons. The third-order valence-electron chi connectivity index (χ3n) is 2.09. The van der Waals surface area contributed by atoms with E-state index in [4.69, 9.17) is 0 Å². The van der Waals surface area contributed by atoms with Gasteiger partial charge < -0.3 is 9.97 Å². The van der Waals surface area contributed by atoms with Gasteiger partial charge in [0.05, 0.1) is 19.1 Å². The fourth-order valence-corrected chi connectivity index (χ4v) is 2.26. The lowest BCUT2D eigenvalue weighted by Crippen LogP contribution is -2.27. The van der Waals surface area contributed by atoms with Gasteiger partial charge in [0.2, 0.25) is 0 Å². The van der Waals surface area contributed by atoms with Crippen molar-refractivity contribution in [2.45, 2.75) is 11.6 Å². The van der Waals surface area contributed by atoms with E-state index >= 15 is 0 Å². The normalized spacial score (nSPS) is 12.1. The van der Waals surface area contributed by atoms with Gasteiger partial charge in [-0.25, -0.2) is 18.4 Å². The number of nitrogens with one attached hydrogen (secondary N) is 2. The van der Waals surface area contributed by atoms with Gasteiger partial charge in [0.1, 0.15) is 5.82 Å². The van der Waals surface area contributed by atoms with Gasteiger partial charge in [-0.05, 0) is 0 Å². The van der Waals surface area contributed by atoms with Crippen molar-refractivity contribution >= 4 is 10.0 Å². The molecule has 0 spiro atoms. The number of aromatic amines is 2. The minimum Gasteiger partial charge on any atom is -0.347 e. The predicted octanol–water partition coefficient (Wildman–Crippen LogP) is -0.0465. The van der Waals surface area contributed by atoms with E-state index in [1.807, 2.05) is 0 Å². The fourth-order valence-electron chi connectivity index (χ4n) is 1.23. The lowest BCUT2D eigenvalue weighted by atomic mass is 10.6. The lowest BCUT2D eigenvalue weighted by Gasteiger charge is -2.13. The van der Waals surface area contributed by atoms with Crippen molar-refractivity contribution < 1.29 is 8.42 Å². The first-order chi connectivity index (χ1) is 7.60. The largest absolute Gasteiger partial charge is 0.347 e. The quantitative estimate of drug-likeness (QED) is 0.784. The average molecular weight is 241 g/mol. The van der Waals surface area contributed by atoms with Crippen LogP contribution in [-0.2, 0) is 16.6 Å². The van der Waals surface area contributed by atoms with Crippen LogP contribution in [0.3, 0.4) is 0 Å². The van der Waals surface area contributed by atoms with Crippen molar-refractivity contribution in [3.63, 3.8) is 0 Å². The summed E-state index contributed by atoms with van der Waals surface area (Å²) in [5.41, 5.74) is 0. The summed E-state index contributed by atoms with van der Waals surface area (Å²) in [7, 11) is -2.03. The number of hydrogen-bond donors (Lipinski definition) is 2. The summed E-state index contributed by atoms with van der Waals surface area (Å²) in [5.74, 6) is 0.589. The van der Waals surface area contributed by atoms with Crippen molar-refractivity contribution in [2.24, 2.45) is 0 Å². The van der Waals surface area contributed by atoms with Gasteiger partial charge in [-0.15, -0.1) is 0 Å². The van der Waals surface area contributed by atoms with E-state index in [0.29, 0.717) is 5.82 Å². The number of aromatic nitrogens is 4. The van der Waals surface area contributed by atoms with Gasteiger partial charge in [0, 0.05) is 19.4 Å². The van der Waals surface area contributed by atoms with Crippen LogP contribution in [-0.4, -0.2) is 39.7 Å². The smallest absolute Gasteiger partial charge is 0.260 e. The highest BCUT2D eigenvalue weighted by Gasteiger charge is 2.22. The molecule has 0 aromatic carbocycles. The molecule has 2 aromatic heterocycles. The number of H-pyrrole nitrogens is 2. The SMILES string of the molecule is CN(Cc1ncc[nH]1)S(=O)(=O)c1cnc[nH]1. The first-order valence-corrected chi connectivity index (χ1v) is 5.97. The highest BCUT2D eigenvalue weighted by Crippen LogP contribution is 2.11. The molecule has 0 aliphatic heterocycles. The second-order valence-electron chi connectivity index (χ2n) is 3.21. The highest BCUT2D eigenvalue weighted by molar-refractivity contribution is 7.89. The Balaban J connectivity index is 2.19. The molecule has 0 saturated carbocycles. The summed E-state index contributed by atoms with van der Waals surface area (Å²) in [4.78, 5) is 13.1. The maximum Gasteiger partial charge on any atom is 0.260 e. The minimum absolute atomic E-state index is 0.0709. The predicted molar refractivity (Wildman–Crippen MR) is 55.8 cm³/mol. The standard InChI is InChI=1S/C8H11N5O2S/c1-13(5-7-10-2-3-11-7)16(14,15)8-4-9-6-12-8/h2-4,6H,5H2,1H3,(H,9,12)(H,10,11). The second-order valence-corrected chi connectivity index (χ2v) is 5.23. The van der Waals surface area contributed by atoms with E-state index in [1.54, 1.807) is 12.4 Å². The van der Waals surface area contributed by atoms with Crippen molar-refractivity contribution in [3.8, 4) is 0 Å². The number of nitrogens with zero attached hydrogens (tertiary/aromatic N) is 3. The summed E-state index contributed by atoms with van der Waals surface area (Å²) in [5, 5.41) is 0.0709. The first-order valence-electron chi connectivity index (χ1n) is 4.53. The van der Waals surface area contributed by atoms with E-state index in [1.165, 1.54) is 23.9 Å². The maximum absolute atomic E-state index is 11.9. The molecule has 0 saturated heterocycles. The van der Waals surface area contributed by atoms with Gasteiger partial charge in [0.25, 0.3) is 10.0 Å². The Morgan fingerprint density at radius 2 is 2.25 bits per heavy atom. The Labute approximate surface area is 92.6 Å². The van der Waals surface area contributed by atoms with E-state index in [-0.39, 0.29) is 11.6 Å². The molecule has 7 nitrogen and oxygen atoms in total. The topological polar surface area (TPSA) is 94.7 Å². The van der Waals surface area contributed by atoms with Crippen molar-refractivity contribution in [1.29, 1.82) is 0 Å². The highest BCUT2D eigenvalue weighted by atomic mass is 32.2. The number of sulfonamides is 1. The molecule has 2 aromatic rings. The Hall–Kier alpha value is -1.67. The zero-order valence-corrected chi connectivity index (χ0v) is 9.40. The van der Waals surface area contributed by atoms with Crippen molar-refractivity contribution in [2.75, 3.05) is 7.05 Å². The zero-order chi connectivity index (χ0) is 11.6. The Morgan fingerprint density at radius 3 is 2.81 bits per heavy atom. The van der Waals surface area contributed by atoms with Gasteiger partial charge in [-0.2, -0.15) is 4.31 Å². The van der Waals surface area contributed by atoms with Crippen LogP contribution in [0.2, 0.25) is 0 Å². The van der Waals surface area contributed by atoms with E-state index in [0.717, 1.165) is 0 Å². The van der Waals surface area contributed by atoms with Crippen LogP contribution in [0.4, 0.5) is 0 Å². The van der Waals surface area contributed by atoms with Crippen LogP contribution in [0.15, 0.2) is 29.9 Å². The molecular formula is C8H11N5O2S. The Kier molecular flexibility index (Phi) is 2.75. The molecule has 2 N–H and O–H groups in total. The van der Waals surface area contributed by atoms with Gasteiger partial charge in [-0.1, -0.05) is 0 Å². The third-order valence-corrected chi connectivity index (χ3v) is 3.82. The summed E-state index contributed by atoms with van der Waals surface area (Å²) in [6.07, 6.45) is 5.82. The van der Waals surface area contributed by atoms with Crippen molar-refractivity contribution in [3.05, 3.63) is 30.7 Å². The Morgan fingerprint density at radius 1 is 1.44 bits per heavy atom. The molecule has 0 aliphatic carbocycles. The maximum atomic E-state index is 11.9. The molecule has 0 radical (unpaired) electrons. The third kappa shape index (κ3) is 1.97. The van der Waals surface area contributed by atoms with E-state index < -0.39 is 10.0 Å². The number of rotatable bonds is 4. The monoisotopic (exact) mass is 241 g/mol. The number of hydrogen-bond acceptors (Lipinski definition) is 4. The molecule has 0 atom stereocenters. The molecule has 16 heavy (non-hydrogen) atoms. The summed E-state index contributed by atoms with van der Waals surface area (Å²) in [6, 6.07) is 0. The van der Waals surface area contributed by atoms with Gasteiger partial charge >= 0.3 is 0 Å². The second kappa shape index (κ2) is 4.06. The average Bonchev–Trinajstić information content (AvgIpc) is 2.89. The summed E-state index contributed by atoms with van der Waals surface area (Å²) in [6.45, 7) is 0.189. The number of imidazole rings is 2. The molecule has 0 amide bonds. The van der Waals surface area contributed by atoms with E-state index in [9.17, 15) is 8.42 Å². The molecule has 0 fully saturated rings. The van der Waals surface area contributed by atoms with Crippen LogP contribution in [0.1, 0.15) is 5.82 Å². The van der Waals surface area contributed by atoms with Crippen LogP contribution in [0.5, 0.6) is 0 Å². The molecular weight excluding hydrogens is 230 g/mol. The van der Waals surface area contributed by atoms with Gasteiger partial charge in [-0.3, -0.25) is 0 Å². The molecule has 2 heterocycles. The van der Waals surface area contributed by atoms with Crippen molar-refractivity contribution in [1.82, 2.24) is 24.2 Å². The molecule has 0 aliphatic rings. The molecule has 8 heteroatoms. The van der Waals surface area contributed by atoms with E-state index in [2.05, 4.69) is 19.9 Å². The van der Waals surface area contributed by atoms with Gasteiger partial charge in [0.15, 0.2) is 5.03 Å². The molecule has 2 rings (SSSR count). The fraction of sp³-hybridized carbons (Fsp3) is 0.250. The lowest BCUT2D eigenvalue weighted by molar-refractivity contribution is 0.456. The molecule has 0 bridgehead atoms. The summed E-state index contributed by atoms with van der Waals surface area (Å²) < 4.78 is 25.1. The first kappa shape index (κ1) is 10.8. The van der Waals surface area contributed by atoms with Crippen LogP contribution >= 0.6 is 0 Å². The Bertz CT molecular complexity index is 531. The van der Waals surface area contributed by atoms with Crippen LogP contribution < -0.4 is 0 Å². The minimum atomic E-state index is -3.52.